The van der Waals surface area contributed by atoms with Crippen molar-refractivity contribution < 1.29 is 26.7 Å². The molecule has 0 amide bonds. The van der Waals surface area contributed by atoms with Crippen LogP contribution >= 0.6 is 11.6 Å². The van der Waals surface area contributed by atoms with E-state index in [0.717, 1.165) is 16.6 Å². The number of hydrogen-bond donors (Lipinski definition) is 1. The zero-order valence-corrected chi connectivity index (χ0v) is 13.2. The molecule has 0 aromatic heterocycles. The maximum atomic E-state index is 12.3. The van der Waals surface area contributed by atoms with Crippen LogP contribution in [0, 0.1) is 5.92 Å². The highest BCUT2D eigenvalue weighted by Gasteiger charge is 2.41. The SMILES string of the molecule is CS(=O)(=O)c1ccc(Cl)c(S(=O)(=O)N2CC(C(=O)O)C2)c1. The van der Waals surface area contributed by atoms with Crippen LogP contribution in [0.3, 0.4) is 0 Å². The Balaban J connectivity index is 2.40. The molecule has 2 rings (SSSR count). The molecule has 0 atom stereocenters. The van der Waals surface area contributed by atoms with Crippen molar-refractivity contribution >= 4 is 37.4 Å². The van der Waals surface area contributed by atoms with Gasteiger partial charge >= 0.3 is 5.97 Å². The van der Waals surface area contributed by atoms with Crippen molar-refractivity contribution in [1.82, 2.24) is 4.31 Å². The normalized spacial score (nSPS) is 17.4. The van der Waals surface area contributed by atoms with Gasteiger partial charge in [0.05, 0.1) is 15.8 Å². The third-order valence-corrected chi connectivity index (χ3v) is 6.57. The molecular formula is C11H12ClNO6S2. The predicted molar refractivity (Wildman–Crippen MR) is 74.4 cm³/mol. The van der Waals surface area contributed by atoms with Crippen molar-refractivity contribution in [2.75, 3.05) is 19.3 Å². The summed E-state index contributed by atoms with van der Waals surface area (Å²) in [6, 6.07) is 3.40. The zero-order chi connectivity index (χ0) is 16.0. The van der Waals surface area contributed by atoms with Gasteiger partial charge in [0, 0.05) is 19.3 Å². The third-order valence-electron chi connectivity index (χ3n) is 3.15. The molecule has 1 heterocycles. The molecule has 1 aromatic rings. The van der Waals surface area contributed by atoms with Crippen LogP contribution < -0.4 is 0 Å². The maximum Gasteiger partial charge on any atom is 0.309 e. The second-order valence-corrected chi connectivity index (χ2v) is 9.05. The van der Waals surface area contributed by atoms with Crippen molar-refractivity contribution in [1.29, 1.82) is 0 Å². The molecular weight excluding hydrogens is 342 g/mol. The van der Waals surface area contributed by atoms with Crippen LogP contribution in [0.4, 0.5) is 0 Å². The molecule has 21 heavy (non-hydrogen) atoms. The smallest absolute Gasteiger partial charge is 0.309 e. The quantitative estimate of drug-likeness (QED) is 0.841. The zero-order valence-electron chi connectivity index (χ0n) is 10.9. The van der Waals surface area contributed by atoms with E-state index < -0.39 is 31.7 Å². The number of carbonyl (C=O) groups is 1. The Kier molecular flexibility index (Phi) is 4.04. The maximum absolute atomic E-state index is 12.3. The van der Waals surface area contributed by atoms with Gasteiger partial charge in [-0.25, -0.2) is 16.8 Å². The average molecular weight is 354 g/mol. The Morgan fingerprint density at radius 1 is 1.29 bits per heavy atom. The van der Waals surface area contributed by atoms with Crippen LogP contribution in [0.25, 0.3) is 0 Å². The van der Waals surface area contributed by atoms with E-state index in [4.69, 9.17) is 16.7 Å². The molecule has 1 N–H and O–H groups in total. The summed E-state index contributed by atoms with van der Waals surface area (Å²) >= 11 is 5.84. The summed E-state index contributed by atoms with van der Waals surface area (Å²) in [5, 5.41) is 8.66. The number of benzene rings is 1. The highest BCUT2D eigenvalue weighted by atomic mass is 35.5. The molecule has 1 fully saturated rings. The van der Waals surface area contributed by atoms with Crippen molar-refractivity contribution in [3.8, 4) is 0 Å². The Morgan fingerprint density at radius 3 is 2.33 bits per heavy atom. The Labute approximate surface area is 127 Å². The fourth-order valence-corrected chi connectivity index (χ4v) is 4.59. The van der Waals surface area contributed by atoms with Crippen LogP contribution in [-0.4, -0.2) is 51.6 Å². The Hall–Kier alpha value is -1.16. The lowest BCUT2D eigenvalue weighted by Gasteiger charge is -2.35. The van der Waals surface area contributed by atoms with Gasteiger partial charge in [-0.15, -0.1) is 0 Å². The van der Waals surface area contributed by atoms with Crippen LogP contribution in [0.2, 0.25) is 5.02 Å². The number of carboxylic acids is 1. The van der Waals surface area contributed by atoms with Gasteiger partial charge in [0.25, 0.3) is 0 Å². The highest BCUT2D eigenvalue weighted by Crippen LogP contribution is 2.31. The minimum atomic E-state index is -4.01. The minimum absolute atomic E-state index is 0.110. The second kappa shape index (κ2) is 5.24. The van der Waals surface area contributed by atoms with Gasteiger partial charge in [0.1, 0.15) is 4.90 Å². The van der Waals surface area contributed by atoms with E-state index in [1.165, 1.54) is 12.1 Å². The monoisotopic (exact) mass is 353 g/mol. The van der Waals surface area contributed by atoms with Crippen LogP contribution in [-0.2, 0) is 24.7 Å². The van der Waals surface area contributed by atoms with Crippen LogP contribution in [0.5, 0.6) is 0 Å². The molecule has 1 aliphatic heterocycles. The molecule has 7 nitrogen and oxygen atoms in total. The highest BCUT2D eigenvalue weighted by molar-refractivity contribution is 7.91. The number of carboxylic acid groups (broad SMARTS) is 1. The summed E-state index contributed by atoms with van der Waals surface area (Å²) < 4.78 is 48.6. The largest absolute Gasteiger partial charge is 0.481 e. The van der Waals surface area contributed by atoms with Gasteiger partial charge in [0.15, 0.2) is 9.84 Å². The molecule has 0 saturated carbocycles. The summed E-state index contributed by atoms with van der Waals surface area (Å²) in [4.78, 5) is 10.2. The standard InChI is InChI=1S/C11H12ClNO6S2/c1-20(16,17)8-2-3-9(12)10(4-8)21(18,19)13-5-7(6-13)11(14)15/h2-4,7H,5-6H2,1H3,(H,14,15). The molecule has 0 bridgehead atoms. The van der Waals surface area contributed by atoms with Crippen LogP contribution in [0.15, 0.2) is 28.0 Å². The number of aliphatic carboxylic acids is 1. The molecule has 1 aliphatic rings. The molecule has 0 unspecified atom stereocenters. The van der Waals surface area contributed by atoms with Crippen molar-refractivity contribution in [2.45, 2.75) is 9.79 Å². The van der Waals surface area contributed by atoms with E-state index in [1.54, 1.807) is 0 Å². The van der Waals surface area contributed by atoms with E-state index in [0.29, 0.717) is 0 Å². The minimum Gasteiger partial charge on any atom is -0.481 e. The first-order chi connectivity index (χ1) is 9.53. The van der Waals surface area contributed by atoms with Gasteiger partial charge in [-0.3, -0.25) is 4.79 Å². The third kappa shape index (κ3) is 3.05. The van der Waals surface area contributed by atoms with Crippen molar-refractivity contribution in [2.24, 2.45) is 5.92 Å². The Bertz CT molecular complexity index is 796. The number of rotatable bonds is 4. The van der Waals surface area contributed by atoms with Crippen molar-refractivity contribution in [3.63, 3.8) is 0 Å². The summed E-state index contributed by atoms with van der Waals surface area (Å²) in [5.74, 6) is -1.82. The summed E-state index contributed by atoms with van der Waals surface area (Å²) in [6.45, 7) is -0.311. The van der Waals surface area contributed by atoms with Crippen molar-refractivity contribution in [3.05, 3.63) is 23.2 Å². The number of nitrogens with zero attached hydrogens (tertiary/aromatic N) is 1. The lowest BCUT2D eigenvalue weighted by atomic mass is 10.0. The fraction of sp³-hybridized carbons (Fsp3) is 0.364. The predicted octanol–water partition coefficient (Wildman–Crippen LogP) is 0.449. The lowest BCUT2D eigenvalue weighted by molar-refractivity contribution is -0.145. The van der Waals surface area contributed by atoms with E-state index in [9.17, 15) is 21.6 Å². The molecule has 1 aromatic carbocycles. The van der Waals surface area contributed by atoms with Gasteiger partial charge in [-0.2, -0.15) is 4.31 Å². The molecule has 116 valence electrons. The van der Waals surface area contributed by atoms with E-state index in [1.807, 2.05) is 0 Å². The number of halogens is 1. The second-order valence-electron chi connectivity index (χ2n) is 4.72. The first-order valence-electron chi connectivity index (χ1n) is 5.76. The topological polar surface area (TPSA) is 109 Å². The average Bonchev–Trinajstić information content (AvgIpc) is 2.24. The summed E-state index contributed by atoms with van der Waals surface area (Å²) in [7, 11) is -7.59. The van der Waals surface area contributed by atoms with E-state index in [-0.39, 0.29) is 27.9 Å². The first-order valence-corrected chi connectivity index (χ1v) is 9.47. The summed E-state index contributed by atoms with van der Waals surface area (Å²) in [5.41, 5.74) is 0. The number of sulfonamides is 1. The first kappa shape index (κ1) is 16.2. The molecule has 0 spiro atoms. The summed E-state index contributed by atoms with van der Waals surface area (Å²) in [6.07, 6.45) is 0.955. The fourth-order valence-electron chi connectivity index (χ4n) is 1.84. The van der Waals surface area contributed by atoms with Gasteiger partial charge in [-0.05, 0) is 18.2 Å². The lowest BCUT2D eigenvalue weighted by Crippen LogP contribution is -2.52. The van der Waals surface area contributed by atoms with E-state index >= 15 is 0 Å². The van der Waals surface area contributed by atoms with Gasteiger partial charge in [-0.1, -0.05) is 11.6 Å². The molecule has 0 radical (unpaired) electrons. The number of sulfone groups is 1. The molecule has 1 saturated heterocycles. The molecule has 0 aliphatic carbocycles. The van der Waals surface area contributed by atoms with Gasteiger partial charge in [0.2, 0.25) is 10.0 Å². The number of hydrogen-bond acceptors (Lipinski definition) is 5. The van der Waals surface area contributed by atoms with E-state index in [2.05, 4.69) is 0 Å². The Morgan fingerprint density at radius 2 is 1.86 bits per heavy atom. The van der Waals surface area contributed by atoms with Gasteiger partial charge < -0.3 is 5.11 Å². The molecule has 10 heteroatoms. The van der Waals surface area contributed by atoms with Crippen LogP contribution in [0.1, 0.15) is 0 Å².